The van der Waals surface area contributed by atoms with Crippen molar-refractivity contribution in [3.05, 3.63) is 83.1 Å². The van der Waals surface area contributed by atoms with Crippen molar-refractivity contribution in [1.82, 2.24) is 0 Å². The number of rotatable bonds is 2. The van der Waals surface area contributed by atoms with Crippen LogP contribution >= 0.6 is 0 Å². The van der Waals surface area contributed by atoms with Crippen molar-refractivity contribution in [2.45, 2.75) is 25.2 Å². The highest BCUT2D eigenvalue weighted by Gasteiger charge is 2.30. The second-order valence-corrected chi connectivity index (χ2v) is 7.85. The highest BCUT2D eigenvalue weighted by Crippen LogP contribution is 2.43. The van der Waals surface area contributed by atoms with E-state index in [1.165, 1.54) is 18.4 Å². The summed E-state index contributed by atoms with van der Waals surface area (Å²) < 4.78 is 35.9. The van der Waals surface area contributed by atoms with Gasteiger partial charge in [0, 0.05) is 18.7 Å². The van der Waals surface area contributed by atoms with Crippen LogP contribution in [0.5, 0.6) is 5.75 Å². The molecule has 0 radical (unpaired) electrons. The van der Waals surface area contributed by atoms with Crippen LogP contribution < -0.4 is 9.64 Å². The molecule has 2 aliphatic rings. The van der Waals surface area contributed by atoms with E-state index >= 15 is 8.78 Å². The van der Waals surface area contributed by atoms with Gasteiger partial charge in [0.05, 0.1) is 17.6 Å². The second-order valence-electron chi connectivity index (χ2n) is 7.85. The molecule has 5 heteroatoms. The molecule has 1 saturated heterocycles. The van der Waals surface area contributed by atoms with Crippen molar-refractivity contribution >= 4 is 16.5 Å². The molecular formula is C25H20F2N2O. The molecule has 0 aliphatic carbocycles. The molecular weight excluding hydrogens is 382 g/mol. The average molecular weight is 402 g/mol. The first-order valence-electron chi connectivity index (χ1n) is 10.2. The Morgan fingerprint density at radius 3 is 2.27 bits per heavy atom. The molecule has 30 heavy (non-hydrogen) atoms. The van der Waals surface area contributed by atoms with E-state index in [0.717, 1.165) is 35.6 Å². The highest BCUT2D eigenvalue weighted by atomic mass is 19.1. The molecule has 0 saturated carbocycles. The summed E-state index contributed by atoms with van der Waals surface area (Å²) in [6.07, 6.45) is 4.34. The summed E-state index contributed by atoms with van der Waals surface area (Å²) in [5.74, 6) is -1.16. The fourth-order valence-corrected chi connectivity index (χ4v) is 4.55. The maximum Gasteiger partial charge on any atom is 0.149 e. The minimum Gasteiger partial charge on any atom is -0.464 e. The van der Waals surface area contributed by atoms with E-state index in [0.29, 0.717) is 30.0 Å². The summed E-state index contributed by atoms with van der Waals surface area (Å²) in [7, 11) is 0. The molecule has 2 heterocycles. The Morgan fingerprint density at radius 2 is 1.60 bits per heavy atom. The molecule has 150 valence electrons. The van der Waals surface area contributed by atoms with Gasteiger partial charge < -0.3 is 9.64 Å². The molecule has 5 rings (SSSR count). The Hall–Kier alpha value is -3.39. The average Bonchev–Trinajstić information content (AvgIpc) is 2.77. The number of fused-ring (bicyclic) bond motifs is 2. The van der Waals surface area contributed by atoms with Crippen molar-refractivity contribution < 1.29 is 13.5 Å². The Kier molecular flexibility index (Phi) is 4.63. The first-order chi connectivity index (χ1) is 14.7. The van der Waals surface area contributed by atoms with Gasteiger partial charge in [0.25, 0.3) is 0 Å². The molecule has 0 bridgehead atoms. The largest absolute Gasteiger partial charge is 0.464 e. The van der Waals surface area contributed by atoms with E-state index in [9.17, 15) is 5.26 Å². The number of nitrogens with zero attached hydrogens (tertiary/aromatic N) is 2. The summed E-state index contributed by atoms with van der Waals surface area (Å²) in [5.41, 5.74) is 1.50. The quantitative estimate of drug-likeness (QED) is 0.524. The van der Waals surface area contributed by atoms with Gasteiger partial charge in [0.2, 0.25) is 0 Å². The molecule has 1 unspecified atom stereocenters. The van der Waals surface area contributed by atoms with E-state index in [1.54, 1.807) is 4.90 Å². The van der Waals surface area contributed by atoms with Gasteiger partial charge in [-0.2, -0.15) is 5.26 Å². The topological polar surface area (TPSA) is 36.3 Å². The molecule has 1 atom stereocenters. The maximum absolute atomic E-state index is 15.1. The molecule has 2 aliphatic heterocycles. The maximum atomic E-state index is 15.1. The first-order valence-corrected chi connectivity index (χ1v) is 10.2. The number of hydrogen-bond donors (Lipinski definition) is 0. The van der Waals surface area contributed by atoms with E-state index in [2.05, 4.69) is 6.07 Å². The Labute approximate surface area is 173 Å². The normalized spacial score (nSPS) is 18.4. The van der Waals surface area contributed by atoms with Crippen molar-refractivity contribution in [2.75, 3.05) is 18.0 Å². The molecule has 1 fully saturated rings. The van der Waals surface area contributed by atoms with E-state index in [-0.39, 0.29) is 5.69 Å². The van der Waals surface area contributed by atoms with Gasteiger partial charge in [-0.05, 0) is 59.9 Å². The number of piperidine rings is 1. The Bertz CT molecular complexity index is 1180. The molecule has 0 N–H and O–H groups in total. The van der Waals surface area contributed by atoms with Gasteiger partial charge >= 0.3 is 0 Å². The molecule has 0 spiro atoms. The lowest BCUT2D eigenvalue weighted by atomic mass is 9.83. The van der Waals surface area contributed by atoms with Crippen LogP contribution in [0.25, 0.3) is 10.8 Å². The van der Waals surface area contributed by atoms with Gasteiger partial charge in [0.15, 0.2) is 0 Å². The van der Waals surface area contributed by atoms with Crippen LogP contribution in [-0.2, 0) is 0 Å². The van der Waals surface area contributed by atoms with Gasteiger partial charge in [-0.15, -0.1) is 0 Å². The summed E-state index contributed by atoms with van der Waals surface area (Å²) in [6.45, 7) is 1.31. The molecule has 0 amide bonds. The monoisotopic (exact) mass is 402 g/mol. The number of ether oxygens (including phenoxy) is 1. The van der Waals surface area contributed by atoms with Crippen LogP contribution in [0.15, 0.2) is 60.4 Å². The van der Waals surface area contributed by atoms with Gasteiger partial charge in [0.1, 0.15) is 29.3 Å². The zero-order valence-corrected chi connectivity index (χ0v) is 16.4. The number of nitriles is 1. The number of halogens is 2. The minimum absolute atomic E-state index is 0.0340. The highest BCUT2D eigenvalue weighted by molar-refractivity contribution is 5.86. The minimum atomic E-state index is -0.585. The van der Waals surface area contributed by atoms with Crippen LogP contribution in [0, 0.1) is 23.0 Å². The van der Waals surface area contributed by atoms with E-state index in [1.807, 2.05) is 36.4 Å². The van der Waals surface area contributed by atoms with E-state index in [4.69, 9.17) is 4.74 Å². The summed E-state index contributed by atoms with van der Waals surface area (Å²) >= 11 is 0. The molecule has 0 aromatic heterocycles. The number of hydrogen-bond acceptors (Lipinski definition) is 3. The van der Waals surface area contributed by atoms with Crippen molar-refractivity contribution in [2.24, 2.45) is 0 Å². The molecule has 3 aromatic rings. The second kappa shape index (κ2) is 7.46. The van der Waals surface area contributed by atoms with Crippen molar-refractivity contribution in [3.63, 3.8) is 0 Å². The predicted molar refractivity (Wildman–Crippen MR) is 113 cm³/mol. The summed E-state index contributed by atoms with van der Waals surface area (Å²) in [5, 5.41) is 11.6. The van der Waals surface area contributed by atoms with Crippen LogP contribution in [0.3, 0.4) is 0 Å². The lowest BCUT2D eigenvalue weighted by molar-refractivity contribution is 0.454. The fourth-order valence-electron chi connectivity index (χ4n) is 4.55. The molecule has 3 nitrogen and oxygen atoms in total. The third-order valence-corrected chi connectivity index (χ3v) is 5.99. The van der Waals surface area contributed by atoms with Crippen LogP contribution in [-0.4, -0.2) is 13.1 Å². The third-order valence-electron chi connectivity index (χ3n) is 5.99. The van der Waals surface area contributed by atoms with Crippen molar-refractivity contribution in [1.29, 1.82) is 5.26 Å². The van der Waals surface area contributed by atoms with Crippen LogP contribution in [0.2, 0.25) is 0 Å². The van der Waals surface area contributed by atoms with E-state index < -0.39 is 17.6 Å². The van der Waals surface area contributed by atoms with Gasteiger partial charge in [-0.3, -0.25) is 0 Å². The summed E-state index contributed by atoms with van der Waals surface area (Å²) in [4.78, 5) is 1.78. The fraction of sp³-hybridized carbons (Fsp3) is 0.240. The van der Waals surface area contributed by atoms with Crippen LogP contribution in [0.4, 0.5) is 14.5 Å². The number of allylic oxidation sites excluding steroid dienone is 1. The third kappa shape index (κ3) is 3.09. The lowest BCUT2D eigenvalue weighted by Crippen LogP contribution is -2.31. The Balaban J connectivity index is 1.63. The molecule has 3 aromatic carbocycles. The number of anilines is 1. The van der Waals surface area contributed by atoms with Crippen LogP contribution in [0.1, 0.15) is 36.3 Å². The smallest absolute Gasteiger partial charge is 0.149 e. The lowest BCUT2D eigenvalue weighted by Gasteiger charge is -2.30. The zero-order valence-electron chi connectivity index (χ0n) is 16.4. The van der Waals surface area contributed by atoms with Crippen molar-refractivity contribution in [3.8, 4) is 11.8 Å². The predicted octanol–water partition coefficient (Wildman–Crippen LogP) is 6.04. The van der Waals surface area contributed by atoms with Gasteiger partial charge in [-0.1, -0.05) is 24.3 Å². The zero-order chi connectivity index (χ0) is 20.7. The number of benzene rings is 3. The first kappa shape index (κ1) is 18.6. The summed E-state index contributed by atoms with van der Waals surface area (Å²) in [6, 6.07) is 16.5. The standard InChI is InChI=1S/C25H20F2N2O/c26-21-11-18(12-22(27)25(21)29-8-4-1-5-9-29)24-19(14-28)15-30-23-13-17-7-3-2-6-16(17)10-20(23)24/h2-3,6-7,10-13,15,24H,1,4-5,8-9H2. The SMILES string of the molecule is N#CC1=COc2cc3ccccc3cc2C1c1cc(F)c(N2CCCCC2)c(F)c1. The van der Waals surface area contributed by atoms with Gasteiger partial charge in [-0.25, -0.2) is 8.78 Å². The Morgan fingerprint density at radius 1 is 0.933 bits per heavy atom.